The van der Waals surface area contributed by atoms with Crippen LogP contribution in [0.1, 0.15) is 48.8 Å². The van der Waals surface area contributed by atoms with Crippen molar-refractivity contribution in [2.75, 3.05) is 5.43 Å². The zero-order chi connectivity index (χ0) is 23.0. The maximum absolute atomic E-state index is 6.32. The first kappa shape index (κ1) is 21.8. The minimum atomic E-state index is 0.101. The van der Waals surface area contributed by atoms with Crippen molar-refractivity contribution in [3.05, 3.63) is 82.0 Å². The van der Waals surface area contributed by atoms with Gasteiger partial charge in [0.25, 0.3) is 0 Å². The van der Waals surface area contributed by atoms with Crippen LogP contribution in [0, 0.1) is 27.7 Å². The van der Waals surface area contributed by atoms with Crippen LogP contribution in [-0.4, -0.2) is 9.97 Å². The van der Waals surface area contributed by atoms with Crippen LogP contribution in [0.25, 0.3) is 22.3 Å². The Balaban J connectivity index is 1.86. The number of hydrogen-bond donors (Lipinski definition) is 1. The fraction of sp³-hybridized carbons (Fsp3) is 0.296. The molecule has 0 bridgehead atoms. The Morgan fingerprint density at radius 1 is 0.812 bits per heavy atom. The Morgan fingerprint density at radius 3 is 2.06 bits per heavy atom. The highest BCUT2D eigenvalue weighted by Gasteiger charge is 2.14. The van der Waals surface area contributed by atoms with Crippen molar-refractivity contribution in [3.63, 3.8) is 0 Å². The highest BCUT2D eigenvalue weighted by Crippen LogP contribution is 2.28. The van der Waals surface area contributed by atoms with Crippen molar-refractivity contribution in [1.29, 1.82) is 0 Å². The van der Waals surface area contributed by atoms with Gasteiger partial charge >= 0.3 is 0 Å². The van der Waals surface area contributed by atoms with Crippen LogP contribution in [0.5, 0.6) is 0 Å². The van der Waals surface area contributed by atoms with Gasteiger partial charge in [-0.05, 0) is 68.0 Å². The number of aromatic nitrogens is 2. The summed E-state index contributed by atoms with van der Waals surface area (Å²) in [6.07, 6.45) is 0. The van der Waals surface area contributed by atoms with E-state index in [1.807, 2.05) is 26.0 Å². The Bertz CT molecular complexity index is 1340. The van der Waals surface area contributed by atoms with E-state index in [0.717, 1.165) is 39.0 Å². The van der Waals surface area contributed by atoms with Gasteiger partial charge < -0.3 is 4.42 Å². The zero-order valence-electron chi connectivity index (χ0n) is 19.9. The van der Waals surface area contributed by atoms with E-state index < -0.39 is 0 Å². The molecule has 0 saturated heterocycles. The van der Waals surface area contributed by atoms with Crippen LogP contribution in [-0.2, 0) is 5.41 Å². The third-order valence-corrected chi connectivity index (χ3v) is 5.65. The van der Waals surface area contributed by atoms with Crippen LogP contribution >= 0.6 is 0 Å². The molecule has 4 rings (SSSR count). The Kier molecular flexibility index (Phi) is 5.59. The standard InChI is InChI=1S/C27H30N4O/c1-16-12-22-23(30-31-26-28-18(3)14-19(4)29-26)15-24(32-25(22)13-17(16)2)20-8-10-21(11-9-20)27(5,6)7/h8-15H,1-7H3,(H,28,29,31)/b30-23-. The van der Waals surface area contributed by atoms with Crippen molar-refractivity contribution < 1.29 is 4.42 Å². The molecule has 0 saturated carbocycles. The lowest BCUT2D eigenvalue weighted by atomic mass is 9.86. The highest BCUT2D eigenvalue weighted by atomic mass is 16.3. The number of benzene rings is 2. The molecule has 0 spiro atoms. The van der Waals surface area contributed by atoms with Gasteiger partial charge in [0.15, 0.2) is 0 Å². The predicted molar refractivity (Wildman–Crippen MR) is 131 cm³/mol. The molecular formula is C27H30N4O. The van der Waals surface area contributed by atoms with E-state index in [1.165, 1.54) is 16.7 Å². The first-order valence-electron chi connectivity index (χ1n) is 10.9. The first-order valence-corrected chi connectivity index (χ1v) is 10.9. The van der Waals surface area contributed by atoms with Crippen LogP contribution in [0.3, 0.4) is 0 Å². The smallest absolute Gasteiger partial charge is 0.243 e. The van der Waals surface area contributed by atoms with Crippen LogP contribution in [0.4, 0.5) is 5.95 Å². The second-order valence-corrected chi connectivity index (χ2v) is 9.45. The minimum Gasteiger partial charge on any atom is -0.456 e. The molecule has 0 amide bonds. The molecular weight excluding hydrogens is 396 g/mol. The number of rotatable bonds is 3. The molecule has 0 atom stereocenters. The van der Waals surface area contributed by atoms with E-state index in [-0.39, 0.29) is 5.41 Å². The van der Waals surface area contributed by atoms with Crippen molar-refractivity contribution >= 4 is 16.9 Å². The maximum Gasteiger partial charge on any atom is 0.243 e. The largest absolute Gasteiger partial charge is 0.456 e. The van der Waals surface area contributed by atoms with E-state index in [0.29, 0.717) is 5.95 Å². The molecule has 32 heavy (non-hydrogen) atoms. The Hall–Kier alpha value is -3.47. The molecule has 0 aliphatic heterocycles. The summed E-state index contributed by atoms with van der Waals surface area (Å²) in [4.78, 5) is 8.87. The lowest BCUT2D eigenvalue weighted by Gasteiger charge is -2.19. The lowest BCUT2D eigenvalue weighted by Crippen LogP contribution is -2.11. The summed E-state index contributed by atoms with van der Waals surface area (Å²) in [6.45, 7) is 14.7. The average molecular weight is 427 g/mol. The molecule has 0 fully saturated rings. The molecule has 0 radical (unpaired) electrons. The number of nitrogens with zero attached hydrogens (tertiary/aromatic N) is 3. The monoisotopic (exact) mass is 426 g/mol. The number of hydrogen-bond acceptors (Lipinski definition) is 5. The van der Waals surface area contributed by atoms with Gasteiger partial charge in [-0.1, -0.05) is 45.0 Å². The zero-order valence-corrected chi connectivity index (χ0v) is 19.9. The number of aryl methyl sites for hydroxylation is 4. The van der Waals surface area contributed by atoms with Crippen molar-refractivity contribution in [2.24, 2.45) is 5.10 Å². The first-order chi connectivity index (χ1) is 15.1. The van der Waals surface area contributed by atoms with Crippen LogP contribution < -0.4 is 10.8 Å². The fourth-order valence-electron chi connectivity index (χ4n) is 3.68. The normalized spacial score (nSPS) is 12.4. The van der Waals surface area contributed by atoms with E-state index in [9.17, 15) is 0 Å². The molecule has 1 N–H and O–H groups in total. The number of anilines is 1. The molecule has 2 aromatic heterocycles. The summed E-state index contributed by atoms with van der Waals surface area (Å²) in [5, 5.41) is 6.39. The van der Waals surface area contributed by atoms with Gasteiger partial charge in [0.2, 0.25) is 5.95 Å². The lowest BCUT2D eigenvalue weighted by molar-refractivity contribution is 0.589. The quantitative estimate of drug-likeness (QED) is 0.388. The second kappa shape index (κ2) is 8.23. The van der Waals surface area contributed by atoms with Gasteiger partial charge in [0.1, 0.15) is 11.3 Å². The number of fused-ring (bicyclic) bond motifs is 1. The molecule has 2 heterocycles. The molecule has 0 aliphatic rings. The third kappa shape index (κ3) is 4.57. The third-order valence-electron chi connectivity index (χ3n) is 5.65. The van der Waals surface area contributed by atoms with E-state index in [1.54, 1.807) is 0 Å². The molecule has 2 aromatic carbocycles. The topological polar surface area (TPSA) is 63.3 Å². The van der Waals surface area contributed by atoms with Gasteiger partial charge in [-0.3, -0.25) is 0 Å². The maximum atomic E-state index is 6.32. The minimum absolute atomic E-state index is 0.101. The van der Waals surface area contributed by atoms with Crippen molar-refractivity contribution in [2.45, 2.75) is 53.9 Å². The van der Waals surface area contributed by atoms with Crippen molar-refractivity contribution in [1.82, 2.24) is 9.97 Å². The van der Waals surface area contributed by atoms with Crippen molar-refractivity contribution in [3.8, 4) is 11.3 Å². The predicted octanol–water partition coefficient (Wildman–Crippen LogP) is 6.35. The number of nitrogens with one attached hydrogen (secondary N) is 1. The molecule has 5 heteroatoms. The van der Waals surface area contributed by atoms with Crippen LogP contribution in [0.2, 0.25) is 0 Å². The van der Waals surface area contributed by atoms with E-state index >= 15 is 0 Å². The summed E-state index contributed by atoms with van der Waals surface area (Å²) in [5.74, 6) is 1.25. The molecule has 0 aliphatic carbocycles. The molecule has 0 unspecified atom stereocenters. The second-order valence-electron chi connectivity index (χ2n) is 9.45. The van der Waals surface area contributed by atoms with Crippen LogP contribution in [0.15, 0.2) is 58.0 Å². The van der Waals surface area contributed by atoms with Gasteiger partial charge in [0.05, 0.1) is 5.36 Å². The Morgan fingerprint density at radius 2 is 1.44 bits per heavy atom. The summed E-state index contributed by atoms with van der Waals surface area (Å²) in [6, 6.07) is 16.6. The summed E-state index contributed by atoms with van der Waals surface area (Å²) < 4.78 is 6.32. The fourth-order valence-corrected chi connectivity index (χ4v) is 3.68. The van der Waals surface area contributed by atoms with E-state index in [2.05, 4.69) is 91.5 Å². The van der Waals surface area contributed by atoms with Gasteiger partial charge in [-0.25, -0.2) is 15.4 Å². The van der Waals surface area contributed by atoms with Gasteiger partial charge in [-0.15, -0.1) is 0 Å². The summed E-state index contributed by atoms with van der Waals surface area (Å²) in [5.41, 5.74) is 10.4. The molecule has 4 aromatic rings. The SMILES string of the molecule is Cc1cc(C)nc(N/N=c2/cc(-c3ccc(C(C)(C)C)cc3)oc3cc(C)c(C)cc23)n1. The average Bonchev–Trinajstić information content (AvgIpc) is 2.72. The van der Waals surface area contributed by atoms with Gasteiger partial charge in [-0.2, -0.15) is 5.10 Å². The summed E-state index contributed by atoms with van der Waals surface area (Å²) >= 11 is 0. The Labute approximate surface area is 189 Å². The molecule has 164 valence electrons. The van der Waals surface area contributed by atoms with Gasteiger partial charge in [0, 0.05) is 28.4 Å². The van der Waals surface area contributed by atoms with E-state index in [4.69, 9.17) is 4.42 Å². The highest BCUT2D eigenvalue weighted by molar-refractivity contribution is 5.80. The summed E-state index contributed by atoms with van der Waals surface area (Å²) in [7, 11) is 0. The molecule has 5 nitrogen and oxygen atoms in total.